The first-order chi connectivity index (χ1) is 14.6. The number of hydrogen-bond acceptors (Lipinski definition) is 5. The van der Waals surface area contributed by atoms with Gasteiger partial charge in [0.2, 0.25) is 15.8 Å². The molecule has 1 aliphatic heterocycles. The summed E-state index contributed by atoms with van der Waals surface area (Å²) in [5.41, 5.74) is -0.513. The Balaban J connectivity index is 1.89. The Morgan fingerprint density at radius 2 is 1.58 bits per heavy atom. The summed E-state index contributed by atoms with van der Waals surface area (Å²) in [4.78, 5) is 35.7. The fourth-order valence-electron chi connectivity index (χ4n) is 3.77. The standard InChI is InChI=1S/C21H19Cl2NO6S/c22-16-7-6-15(12-17(16)23)31(29,30)24-10-8-21(9-11-24,14-4-2-1-3-5-14)19(26)13-18(25)20(27)28/h1-7,12H,8-11,13H2,(H,27,28). The van der Waals surface area contributed by atoms with E-state index >= 15 is 0 Å². The number of carboxylic acids is 1. The molecule has 164 valence electrons. The van der Waals surface area contributed by atoms with Gasteiger partial charge in [-0.2, -0.15) is 4.31 Å². The van der Waals surface area contributed by atoms with Crippen molar-refractivity contribution in [2.45, 2.75) is 29.6 Å². The molecule has 0 aliphatic carbocycles. The maximum Gasteiger partial charge on any atom is 0.372 e. The highest BCUT2D eigenvalue weighted by molar-refractivity contribution is 7.89. The summed E-state index contributed by atoms with van der Waals surface area (Å²) in [6.07, 6.45) is -0.517. The average molecular weight is 484 g/mol. The molecule has 3 rings (SSSR count). The van der Waals surface area contributed by atoms with Crippen LogP contribution >= 0.6 is 23.2 Å². The molecule has 2 aromatic carbocycles. The lowest BCUT2D eigenvalue weighted by molar-refractivity contribution is -0.150. The molecule has 31 heavy (non-hydrogen) atoms. The molecular formula is C21H19Cl2NO6S. The Bertz CT molecular complexity index is 1130. The van der Waals surface area contributed by atoms with Gasteiger partial charge in [0.05, 0.1) is 26.8 Å². The maximum atomic E-state index is 13.1. The Hall–Kier alpha value is -2.26. The van der Waals surface area contributed by atoms with Crippen LogP contribution in [0.15, 0.2) is 53.4 Å². The van der Waals surface area contributed by atoms with E-state index in [0.717, 1.165) is 0 Å². The van der Waals surface area contributed by atoms with E-state index in [-0.39, 0.29) is 40.9 Å². The molecule has 1 N–H and O–H groups in total. The van der Waals surface area contributed by atoms with E-state index in [1.54, 1.807) is 30.3 Å². The van der Waals surface area contributed by atoms with E-state index in [1.165, 1.54) is 22.5 Å². The topological polar surface area (TPSA) is 109 Å². The van der Waals surface area contributed by atoms with Gasteiger partial charge in [0.25, 0.3) is 0 Å². The molecule has 1 saturated heterocycles. The van der Waals surface area contributed by atoms with Gasteiger partial charge in [-0.05, 0) is 36.6 Å². The van der Waals surface area contributed by atoms with Gasteiger partial charge in [-0.3, -0.25) is 9.59 Å². The minimum absolute atomic E-state index is 0.0125. The number of sulfonamides is 1. The summed E-state index contributed by atoms with van der Waals surface area (Å²) in [7, 11) is -3.88. The van der Waals surface area contributed by atoms with Crippen molar-refractivity contribution in [1.82, 2.24) is 4.31 Å². The van der Waals surface area contributed by atoms with Crippen molar-refractivity contribution in [3.05, 3.63) is 64.1 Å². The monoisotopic (exact) mass is 483 g/mol. The van der Waals surface area contributed by atoms with Crippen molar-refractivity contribution in [2.75, 3.05) is 13.1 Å². The number of rotatable bonds is 7. The molecule has 1 heterocycles. The normalized spacial score (nSPS) is 16.6. The number of carbonyl (C=O) groups is 3. The minimum atomic E-state index is -3.88. The summed E-state index contributed by atoms with van der Waals surface area (Å²) < 4.78 is 27.3. The quantitative estimate of drug-likeness (QED) is 0.477. The molecule has 0 atom stereocenters. The summed E-state index contributed by atoms with van der Waals surface area (Å²) in [6.45, 7) is 0.0367. The zero-order valence-electron chi connectivity index (χ0n) is 16.3. The third-order valence-corrected chi connectivity index (χ3v) is 8.16. The van der Waals surface area contributed by atoms with E-state index in [4.69, 9.17) is 28.3 Å². The van der Waals surface area contributed by atoms with Crippen LogP contribution in [-0.2, 0) is 29.8 Å². The number of piperidine rings is 1. The Morgan fingerprint density at radius 1 is 0.968 bits per heavy atom. The molecule has 1 aliphatic rings. The molecule has 0 spiro atoms. The van der Waals surface area contributed by atoms with E-state index in [9.17, 15) is 22.8 Å². The summed E-state index contributed by atoms with van der Waals surface area (Å²) in [6, 6.07) is 12.7. The van der Waals surface area contributed by atoms with Crippen LogP contribution in [0.2, 0.25) is 10.0 Å². The number of halogens is 2. The van der Waals surface area contributed by atoms with Crippen LogP contribution in [-0.4, -0.2) is 48.5 Å². The summed E-state index contributed by atoms with van der Waals surface area (Å²) >= 11 is 11.8. The fourth-order valence-corrected chi connectivity index (χ4v) is 5.60. The molecule has 0 amide bonds. The molecule has 0 unspecified atom stereocenters. The van der Waals surface area contributed by atoms with Crippen molar-refractivity contribution >= 4 is 50.8 Å². The van der Waals surface area contributed by atoms with Crippen molar-refractivity contribution < 1.29 is 27.9 Å². The number of benzene rings is 2. The number of carbonyl (C=O) groups excluding carboxylic acids is 2. The van der Waals surface area contributed by atoms with Gasteiger partial charge in [0.15, 0.2) is 5.78 Å². The average Bonchev–Trinajstić information content (AvgIpc) is 2.76. The molecule has 1 fully saturated rings. The van der Waals surface area contributed by atoms with Gasteiger partial charge in [-0.15, -0.1) is 0 Å². The Labute approximate surface area is 189 Å². The van der Waals surface area contributed by atoms with E-state index < -0.39 is 39.4 Å². The van der Waals surface area contributed by atoms with Crippen LogP contribution in [0.4, 0.5) is 0 Å². The number of hydrogen-bond donors (Lipinski definition) is 1. The number of nitrogens with zero attached hydrogens (tertiary/aromatic N) is 1. The smallest absolute Gasteiger partial charge is 0.372 e. The second-order valence-electron chi connectivity index (χ2n) is 7.26. The minimum Gasteiger partial charge on any atom is -0.475 e. The molecule has 0 aromatic heterocycles. The lowest BCUT2D eigenvalue weighted by Gasteiger charge is -2.40. The highest BCUT2D eigenvalue weighted by atomic mass is 35.5. The molecule has 2 aromatic rings. The number of aliphatic carboxylic acids is 1. The van der Waals surface area contributed by atoms with Gasteiger partial charge in [-0.25, -0.2) is 13.2 Å². The molecular weight excluding hydrogens is 465 g/mol. The second-order valence-corrected chi connectivity index (χ2v) is 10.0. The Morgan fingerprint density at radius 3 is 2.13 bits per heavy atom. The molecule has 0 bridgehead atoms. The summed E-state index contributed by atoms with van der Waals surface area (Å²) in [5, 5.41) is 9.24. The lowest BCUT2D eigenvalue weighted by atomic mass is 9.69. The van der Waals surface area contributed by atoms with Crippen molar-refractivity contribution in [1.29, 1.82) is 0 Å². The second kappa shape index (κ2) is 9.08. The lowest BCUT2D eigenvalue weighted by Crippen LogP contribution is -2.49. The first-order valence-electron chi connectivity index (χ1n) is 9.38. The molecule has 7 nitrogen and oxygen atoms in total. The predicted octanol–water partition coefficient (Wildman–Crippen LogP) is 3.33. The van der Waals surface area contributed by atoms with E-state index in [2.05, 4.69) is 0 Å². The maximum absolute atomic E-state index is 13.1. The van der Waals surface area contributed by atoms with Crippen LogP contribution in [0, 0.1) is 0 Å². The summed E-state index contributed by atoms with van der Waals surface area (Å²) in [5.74, 6) is -3.39. The van der Waals surface area contributed by atoms with Gasteiger partial charge in [0, 0.05) is 13.1 Å². The molecule has 0 saturated carbocycles. The SMILES string of the molecule is O=C(O)C(=O)CC(=O)C1(c2ccccc2)CCN(S(=O)(=O)c2ccc(Cl)c(Cl)c2)CC1. The van der Waals surface area contributed by atoms with Crippen molar-refractivity contribution in [3.8, 4) is 0 Å². The van der Waals surface area contributed by atoms with Crippen LogP contribution in [0.5, 0.6) is 0 Å². The zero-order chi connectivity index (χ0) is 22.8. The number of carboxylic acid groups (broad SMARTS) is 1. The first-order valence-corrected chi connectivity index (χ1v) is 11.6. The third-order valence-electron chi connectivity index (χ3n) is 5.52. The molecule has 10 heteroatoms. The van der Waals surface area contributed by atoms with Crippen LogP contribution in [0.3, 0.4) is 0 Å². The van der Waals surface area contributed by atoms with Crippen LogP contribution in [0.25, 0.3) is 0 Å². The largest absolute Gasteiger partial charge is 0.475 e. The van der Waals surface area contributed by atoms with Gasteiger partial charge in [0.1, 0.15) is 0 Å². The van der Waals surface area contributed by atoms with Crippen LogP contribution in [0.1, 0.15) is 24.8 Å². The first kappa shape index (κ1) is 23.4. The third kappa shape index (κ3) is 4.67. The molecule has 0 radical (unpaired) electrons. The predicted molar refractivity (Wildman–Crippen MR) is 115 cm³/mol. The number of Topliss-reactive ketones (excluding diaryl/α,β-unsaturated/α-hetero) is 2. The van der Waals surface area contributed by atoms with E-state index in [0.29, 0.717) is 5.56 Å². The van der Waals surface area contributed by atoms with Gasteiger partial charge < -0.3 is 5.11 Å². The van der Waals surface area contributed by atoms with Crippen molar-refractivity contribution in [3.63, 3.8) is 0 Å². The van der Waals surface area contributed by atoms with Crippen molar-refractivity contribution in [2.24, 2.45) is 0 Å². The van der Waals surface area contributed by atoms with Gasteiger partial charge >= 0.3 is 5.97 Å². The highest BCUT2D eigenvalue weighted by Gasteiger charge is 2.45. The number of ketones is 2. The fraction of sp³-hybridized carbons (Fsp3) is 0.286. The zero-order valence-corrected chi connectivity index (χ0v) is 18.6. The Kier molecular flexibility index (Phi) is 6.85. The van der Waals surface area contributed by atoms with Gasteiger partial charge in [-0.1, -0.05) is 53.5 Å². The van der Waals surface area contributed by atoms with E-state index in [1.807, 2.05) is 0 Å². The van der Waals surface area contributed by atoms with Crippen LogP contribution < -0.4 is 0 Å². The highest BCUT2D eigenvalue weighted by Crippen LogP contribution is 2.39.